The lowest BCUT2D eigenvalue weighted by Crippen LogP contribution is -2.26. The number of ether oxygens (including phenoxy) is 2. The van der Waals surface area contributed by atoms with Crippen LogP contribution in [-0.2, 0) is 27.1 Å². The molecule has 0 fully saturated rings. The molecule has 5 nitrogen and oxygen atoms in total. The van der Waals surface area contributed by atoms with Gasteiger partial charge in [0.15, 0.2) is 9.84 Å². The molecule has 0 saturated carbocycles. The van der Waals surface area contributed by atoms with Gasteiger partial charge in [-0.25, -0.2) is 17.2 Å². The maximum atomic E-state index is 14.3. The van der Waals surface area contributed by atoms with E-state index < -0.39 is 15.8 Å². The highest BCUT2D eigenvalue weighted by Gasteiger charge is 2.38. The molecule has 0 radical (unpaired) electrons. The zero-order valence-corrected chi connectivity index (χ0v) is 16.3. The van der Waals surface area contributed by atoms with Crippen molar-refractivity contribution in [2.75, 3.05) is 24.7 Å². The van der Waals surface area contributed by atoms with Gasteiger partial charge < -0.3 is 9.47 Å². The molecule has 8 heteroatoms. The van der Waals surface area contributed by atoms with Crippen molar-refractivity contribution in [3.8, 4) is 16.9 Å². The van der Waals surface area contributed by atoms with Crippen molar-refractivity contribution in [3.63, 3.8) is 0 Å². The van der Waals surface area contributed by atoms with Crippen molar-refractivity contribution >= 4 is 9.84 Å². The fourth-order valence-corrected chi connectivity index (χ4v) is 4.88. The van der Waals surface area contributed by atoms with Gasteiger partial charge >= 0.3 is 0 Å². The number of alkyl halides is 2. The molecule has 2 aromatic rings. The van der Waals surface area contributed by atoms with E-state index in [2.05, 4.69) is 4.98 Å². The first kappa shape index (κ1) is 19.3. The zero-order chi connectivity index (χ0) is 19.9. The minimum absolute atomic E-state index is 0.0109. The monoisotopic (exact) mass is 409 g/mol. The molecule has 1 unspecified atom stereocenters. The first-order valence-electron chi connectivity index (χ1n) is 9.21. The Labute approximate surface area is 162 Å². The predicted octanol–water partition coefficient (Wildman–Crippen LogP) is 3.67. The van der Waals surface area contributed by atoms with Crippen molar-refractivity contribution < 1.29 is 26.7 Å². The van der Waals surface area contributed by atoms with Crippen LogP contribution in [0, 0.1) is 0 Å². The van der Waals surface area contributed by atoms with Crippen molar-refractivity contribution in [1.82, 2.24) is 4.98 Å². The second-order valence-electron chi connectivity index (χ2n) is 7.18. The summed E-state index contributed by atoms with van der Waals surface area (Å²) in [5, 5.41) is 0. The first-order chi connectivity index (χ1) is 13.3. The third-order valence-electron chi connectivity index (χ3n) is 5.35. The number of pyridine rings is 1. The Kier molecular flexibility index (Phi) is 4.87. The lowest BCUT2D eigenvalue weighted by molar-refractivity contribution is -0.0404. The SMILES string of the molecule is CCS(=O)(=O)CC1COCc2c(-c3ccc4c(c3)C(F)(F)CCO4)cncc21. The third-order valence-corrected chi connectivity index (χ3v) is 7.14. The maximum absolute atomic E-state index is 14.3. The van der Waals surface area contributed by atoms with Gasteiger partial charge in [-0.3, -0.25) is 4.98 Å². The molecule has 150 valence electrons. The molecule has 1 aromatic carbocycles. The number of rotatable bonds is 4. The van der Waals surface area contributed by atoms with Crippen LogP contribution in [0.4, 0.5) is 8.78 Å². The Morgan fingerprint density at radius 3 is 2.89 bits per heavy atom. The Bertz CT molecular complexity index is 1010. The second-order valence-corrected chi connectivity index (χ2v) is 9.58. The minimum Gasteiger partial charge on any atom is -0.493 e. The molecule has 2 aliphatic rings. The summed E-state index contributed by atoms with van der Waals surface area (Å²) in [6.07, 6.45) is 2.92. The summed E-state index contributed by atoms with van der Waals surface area (Å²) < 4.78 is 63.9. The van der Waals surface area contributed by atoms with Gasteiger partial charge in [-0.1, -0.05) is 13.0 Å². The summed E-state index contributed by atoms with van der Waals surface area (Å²) in [6, 6.07) is 4.72. The van der Waals surface area contributed by atoms with E-state index in [0.717, 1.165) is 11.1 Å². The molecular formula is C20H21F2NO4S. The smallest absolute Gasteiger partial charge is 0.280 e. The van der Waals surface area contributed by atoms with E-state index in [0.29, 0.717) is 24.3 Å². The van der Waals surface area contributed by atoms with Gasteiger partial charge in [-0.05, 0) is 28.8 Å². The van der Waals surface area contributed by atoms with E-state index in [1.165, 1.54) is 6.07 Å². The molecule has 28 heavy (non-hydrogen) atoms. The van der Waals surface area contributed by atoms with Crippen LogP contribution in [0.25, 0.3) is 11.1 Å². The zero-order valence-electron chi connectivity index (χ0n) is 15.5. The van der Waals surface area contributed by atoms with Crippen molar-refractivity contribution in [3.05, 3.63) is 47.3 Å². The van der Waals surface area contributed by atoms with E-state index in [4.69, 9.17) is 9.47 Å². The molecule has 0 spiro atoms. The van der Waals surface area contributed by atoms with E-state index >= 15 is 0 Å². The lowest BCUT2D eigenvalue weighted by atomic mass is 9.89. The normalized spacial score (nSPS) is 20.8. The van der Waals surface area contributed by atoms with Crippen LogP contribution in [0.3, 0.4) is 0 Å². The molecule has 1 aromatic heterocycles. The fourth-order valence-electron chi connectivity index (χ4n) is 3.75. The number of benzene rings is 1. The van der Waals surface area contributed by atoms with Crippen LogP contribution in [-0.4, -0.2) is 38.1 Å². The summed E-state index contributed by atoms with van der Waals surface area (Å²) in [7, 11) is -3.19. The number of hydrogen-bond donors (Lipinski definition) is 0. The number of halogens is 2. The molecule has 0 aliphatic carbocycles. The predicted molar refractivity (Wildman–Crippen MR) is 100 cm³/mol. The molecule has 2 aliphatic heterocycles. The van der Waals surface area contributed by atoms with Gasteiger partial charge in [0, 0.05) is 29.6 Å². The number of fused-ring (bicyclic) bond motifs is 2. The fraction of sp³-hybridized carbons (Fsp3) is 0.450. The van der Waals surface area contributed by atoms with E-state index in [1.807, 2.05) is 0 Å². The molecule has 0 bridgehead atoms. The van der Waals surface area contributed by atoms with Crippen LogP contribution < -0.4 is 4.74 Å². The number of hydrogen-bond acceptors (Lipinski definition) is 5. The first-order valence-corrected chi connectivity index (χ1v) is 11.0. The molecule has 3 heterocycles. The quantitative estimate of drug-likeness (QED) is 0.771. The molecule has 0 N–H and O–H groups in total. The van der Waals surface area contributed by atoms with Gasteiger partial charge in [0.1, 0.15) is 5.75 Å². The van der Waals surface area contributed by atoms with Gasteiger partial charge in [-0.2, -0.15) is 0 Å². The van der Waals surface area contributed by atoms with Crippen LogP contribution in [0.5, 0.6) is 5.75 Å². The average Bonchev–Trinajstić information content (AvgIpc) is 2.67. The second kappa shape index (κ2) is 7.08. The highest BCUT2D eigenvalue weighted by atomic mass is 32.2. The van der Waals surface area contributed by atoms with E-state index in [-0.39, 0.29) is 41.8 Å². The minimum atomic E-state index is -3.19. The van der Waals surface area contributed by atoms with Gasteiger partial charge in [0.05, 0.1) is 37.6 Å². The number of nitrogens with zero attached hydrogens (tertiary/aromatic N) is 1. The summed E-state index contributed by atoms with van der Waals surface area (Å²) in [5.41, 5.74) is 2.76. The van der Waals surface area contributed by atoms with Crippen LogP contribution in [0.1, 0.15) is 36.0 Å². The molecule has 0 amide bonds. The van der Waals surface area contributed by atoms with Crippen molar-refractivity contribution in [2.45, 2.75) is 31.8 Å². The Morgan fingerprint density at radius 1 is 1.29 bits per heavy atom. The summed E-state index contributed by atoms with van der Waals surface area (Å²) in [4.78, 5) is 4.26. The largest absolute Gasteiger partial charge is 0.493 e. The van der Waals surface area contributed by atoms with E-state index in [1.54, 1.807) is 31.5 Å². The van der Waals surface area contributed by atoms with Crippen LogP contribution in [0.15, 0.2) is 30.6 Å². The Balaban J connectivity index is 1.77. The average molecular weight is 409 g/mol. The van der Waals surface area contributed by atoms with Crippen LogP contribution >= 0.6 is 0 Å². The van der Waals surface area contributed by atoms with Crippen LogP contribution in [0.2, 0.25) is 0 Å². The number of sulfone groups is 1. The van der Waals surface area contributed by atoms with Gasteiger partial charge in [0.25, 0.3) is 5.92 Å². The standard InChI is InChI=1S/C20H21F2NO4S/c1-2-28(24,25)12-14-10-26-11-17-15(8-23-9-16(14)17)13-3-4-19-18(7-13)20(21,22)5-6-27-19/h3-4,7-9,14H,2,5-6,10-12H2,1H3. The highest BCUT2D eigenvalue weighted by molar-refractivity contribution is 7.91. The van der Waals surface area contributed by atoms with E-state index in [9.17, 15) is 17.2 Å². The molecule has 4 rings (SSSR count). The summed E-state index contributed by atoms with van der Waals surface area (Å²) >= 11 is 0. The Hall–Kier alpha value is -2.06. The summed E-state index contributed by atoms with van der Waals surface area (Å²) in [6.45, 7) is 2.19. The highest BCUT2D eigenvalue weighted by Crippen LogP contribution is 2.44. The molecule has 0 saturated heterocycles. The van der Waals surface area contributed by atoms with Gasteiger partial charge in [0.2, 0.25) is 0 Å². The molecular weight excluding hydrogens is 388 g/mol. The summed E-state index contributed by atoms with van der Waals surface area (Å²) in [5.74, 6) is -3.02. The number of aromatic nitrogens is 1. The molecule has 1 atom stereocenters. The van der Waals surface area contributed by atoms with Crippen molar-refractivity contribution in [1.29, 1.82) is 0 Å². The lowest BCUT2D eigenvalue weighted by Gasteiger charge is -2.28. The van der Waals surface area contributed by atoms with Gasteiger partial charge in [-0.15, -0.1) is 0 Å². The van der Waals surface area contributed by atoms with Crippen molar-refractivity contribution in [2.24, 2.45) is 0 Å². The topological polar surface area (TPSA) is 65.5 Å². The maximum Gasteiger partial charge on any atom is 0.280 e. The third kappa shape index (κ3) is 3.51. The Morgan fingerprint density at radius 2 is 2.11 bits per heavy atom.